The van der Waals surface area contributed by atoms with Gasteiger partial charge in [-0.3, -0.25) is 9.48 Å². The number of ether oxygens (including phenoxy) is 1. The molecule has 0 N–H and O–H groups in total. The number of amides is 1. The molecule has 0 spiro atoms. The first kappa shape index (κ1) is 18.5. The molecule has 0 radical (unpaired) electrons. The van der Waals surface area contributed by atoms with Gasteiger partial charge in [-0.15, -0.1) is 10.2 Å². The average Bonchev–Trinajstić information content (AvgIpc) is 3.40. The number of hydrogen-bond donors (Lipinski definition) is 0. The minimum absolute atomic E-state index is 0.0585. The minimum Gasteiger partial charge on any atom is -0.379 e. The highest BCUT2D eigenvalue weighted by Gasteiger charge is 2.34. The maximum Gasteiger partial charge on any atom is 0.275 e. The summed E-state index contributed by atoms with van der Waals surface area (Å²) in [6.07, 6.45) is 2.57. The Labute approximate surface area is 162 Å². The van der Waals surface area contributed by atoms with Gasteiger partial charge in [-0.1, -0.05) is 9.70 Å². The second kappa shape index (κ2) is 7.99. The highest BCUT2D eigenvalue weighted by Crippen LogP contribution is 2.28. The third-order valence-corrected chi connectivity index (χ3v) is 5.95. The predicted molar refractivity (Wildman–Crippen MR) is 99.6 cm³/mol. The highest BCUT2D eigenvalue weighted by molar-refractivity contribution is 7.05. The topological polar surface area (TPSA) is 89.3 Å². The second-order valence-electron chi connectivity index (χ2n) is 7.23. The fourth-order valence-corrected chi connectivity index (χ4v) is 4.37. The number of carbonyl (C=O) groups excluding carboxylic acids is 1. The van der Waals surface area contributed by atoms with Gasteiger partial charge in [-0.2, -0.15) is 0 Å². The van der Waals surface area contributed by atoms with Crippen LogP contribution in [0.5, 0.6) is 0 Å². The first-order chi connectivity index (χ1) is 13.1. The second-order valence-corrected chi connectivity index (χ2v) is 8.19. The molecule has 0 aliphatic carbocycles. The zero-order valence-corrected chi connectivity index (χ0v) is 16.6. The summed E-state index contributed by atoms with van der Waals surface area (Å²) in [7, 11) is 1.90. The van der Waals surface area contributed by atoms with Gasteiger partial charge in [0.2, 0.25) is 0 Å². The van der Waals surface area contributed by atoms with Gasteiger partial charge >= 0.3 is 0 Å². The van der Waals surface area contributed by atoms with Gasteiger partial charge in [0.25, 0.3) is 5.91 Å². The molecular weight excluding hydrogens is 366 g/mol. The summed E-state index contributed by atoms with van der Waals surface area (Å²) < 4.78 is 11.7. The molecule has 146 valence electrons. The first-order valence-corrected chi connectivity index (χ1v) is 10.2. The van der Waals surface area contributed by atoms with Crippen LogP contribution in [0.25, 0.3) is 0 Å². The van der Waals surface area contributed by atoms with Crippen LogP contribution in [0.2, 0.25) is 0 Å². The van der Waals surface area contributed by atoms with E-state index in [0.29, 0.717) is 32.0 Å². The fourth-order valence-electron chi connectivity index (χ4n) is 3.91. The average molecular weight is 392 g/mol. The number of likely N-dealkylation sites (tertiary alicyclic amines) is 1. The van der Waals surface area contributed by atoms with E-state index in [1.807, 2.05) is 14.0 Å². The number of hydrogen-bond acceptors (Lipinski definition) is 8. The van der Waals surface area contributed by atoms with E-state index in [0.717, 1.165) is 22.8 Å². The summed E-state index contributed by atoms with van der Waals surface area (Å²) in [5.74, 6) is -0.0391. The van der Waals surface area contributed by atoms with Crippen LogP contribution in [0.3, 0.4) is 0 Å². The van der Waals surface area contributed by atoms with E-state index in [4.69, 9.17) is 4.74 Å². The fraction of sp³-hybridized carbons (Fsp3) is 0.706. The van der Waals surface area contributed by atoms with Gasteiger partial charge in [0, 0.05) is 26.1 Å². The lowest BCUT2D eigenvalue weighted by atomic mass is 9.98. The molecule has 4 rings (SSSR count). The molecule has 0 bridgehead atoms. The highest BCUT2D eigenvalue weighted by atomic mass is 32.1. The van der Waals surface area contributed by atoms with Crippen molar-refractivity contribution in [3.63, 3.8) is 0 Å². The Morgan fingerprint density at radius 2 is 2.11 bits per heavy atom. The van der Waals surface area contributed by atoms with Crippen molar-refractivity contribution >= 4 is 17.4 Å². The van der Waals surface area contributed by atoms with Crippen LogP contribution in [0.1, 0.15) is 45.5 Å². The predicted octanol–water partition coefficient (Wildman–Crippen LogP) is 0.827. The Hall–Kier alpha value is -1.91. The van der Waals surface area contributed by atoms with E-state index in [9.17, 15) is 4.79 Å². The molecule has 27 heavy (non-hydrogen) atoms. The first-order valence-electron chi connectivity index (χ1n) is 9.40. The van der Waals surface area contributed by atoms with Crippen molar-refractivity contribution in [1.82, 2.24) is 34.4 Å². The molecular formula is C17H25N7O2S. The summed E-state index contributed by atoms with van der Waals surface area (Å²) in [6, 6.07) is 0. The van der Waals surface area contributed by atoms with Crippen molar-refractivity contribution < 1.29 is 9.53 Å². The van der Waals surface area contributed by atoms with Crippen LogP contribution in [0.4, 0.5) is 0 Å². The van der Waals surface area contributed by atoms with Crippen LogP contribution >= 0.6 is 11.5 Å². The standard InChI is InChI=1S/C17H25N7O2S/c1-12-15(19-21-27-12)17(25)24-9-13(16-14(10-24)18-20-22(16)2)11-26-8-7-23-5-3-4-6-23/h13H,3-11H2,1-2H3. The normalized spacial score (nSPS) is 20.2. The number of aromatic nitrogens is 5. The summed E-state index contributed by atoms with van der Waals surface area (Å²) in [4.78, 5) is 17.9. The smallest absolute Gasteiger partial charge is 0.275 e. The molecule has 9 nitrogen and oxygen atoms in total. The van der Waals surface area contributed by atoms with Crippen LogP contribution in [0, 0.1) is 6.92 Å². The molecule has 1 saturated heterocycles. The number of carbonyl (C=O) groups is 1. The van der Waals surface area contributed by atoms with Crippen molar-refractivity contribution in [3.05, 3.63) is 22.0 Å². The summed E-state index contributed by atoms with van der Waals surface area (Å²) in [5.41, 5.74) is 2.33. The lowest BCUT2D eigenvalue weighted by molar-refractivity contribution is 0.0598. The monoisotopic (exact) mass is 391 g/mol. The molecule has 0 saturated carbocycles. The zero-order valence-electron chi connectivity index (χ0n) is 15.8. The van der Waals surface area contributed by atoms with E-state index >= 15 is 0 Å². The number of rotatable bonds is 6. The molecule has 1 fully saturated rings. The SMILES string of the molecule is Cc1snnc1C(=O)N1Cc2nnn(C)c2C(COCCN2CCCC2)C1. The quantitative estimate of drug-likeness (QED) is 0.674. The lowest BCUT2D eigenvalue weighted by Gasteiger charge is -2.32. The Morgan fingerprint density at radius 3 is 2.85 bits per heavy atom. The maximum absolute atomic E-state index is 12.9. The van der Waals surface area contributed by atoms with Crippen molar-refractivity contribution in [2.45, 2.75) is 32.2 Å². The van der Waals surface area contributed by atoms with Crippen LogP contribution in [0.15, 0.2) is 0 Å². The third-order valence-electron chi connectivity index (χ3n) is 5.32. The molecule has 1 unspecified atom stereocenters. The zero-order chi connectivity index (χ0) is 18.8. The van der Waals surface area contributed by atoms with E-state index in [2.05, 4.69) is 24.8 Å². The molecule has 1 atom stereocenters. The van der Waals surface area contributed by atoms with Crippen molar-refractivity contribution in [1.29, 1.82) is 0 Å². The molecule has 0 aromatic carbocycles. The Balaban J connectivity index is 1.42. The van der Waals surface area contributed by atoms with Crippen molar-refractivity contribution in [2.75, 3.05) is 39.4 Å². The number of nitrogens with zero attached hydrogens (tertiary/aromatic N) is 7. The van der Waals surface area contributed by atoms with Gasteiger partial charge in [-0.25, -0.2) is 0 Å². The molecule has 2 aromatic rings. The lowest BCUT2D eigenvalue weighted by Crippen LogP contribution is -2.40. The number of fused-ring (bicyclic) bond motifs is 1. The third kappa shape index (κ3) is 3.87. The summed E-state index contributed by atoms with van der Waals surface area (Å²) in [6.45, 7) is 7.47. The number of aryl methyl sites for hydroxylation is 2. The van der Waals surface area contributed by atoms with Crippen LogP contribution < -0.4 is 0 Å². The van der Waals surface area contributed by atoms with Crippen LogP contribution in [-0.4, -0.2) is 79.7 Å². The van der Waals surface area contributed by atoms with E-state index in [1.54, 1.807) is 9.58 Å². The molecule has 10 heteroatoms. The molecule has 2 aromatic heterocycles. The van der Waals surface area contributed by atoms with E-state index in [1.165, 1.54) is 37.5 Å². The maximum atomic E-state index is 12.9. The van der Waals surface area contributed by atoms with Gasteiger partial charge in [0.15, 0.2) is 5.69 Å². The van der Waals surface area contributed by atoms with Crippen LogP contribution in [-0.2, 0) is 18.3 Å². The van der Waals surface area contributed by atoms with E-state index < -0.39 is 0 Å². The van der Waals surface area contributed by atoms with Crippen molar-refractivity contribution in [3.8, 4) is 0 Å². The Kier molecular flexibility index (Phi) is 5.46. The molecule has 2 aliphatic heterocycles. The molecule has 1 amide bonds. The van der Waals surface area contributed by atoms with Gasteiger partial charge < -0.3 is 14.5 Å². The van der Waals surface area contributed by atoms with Gasteiger partial charge in [0.05, 0.1) is 30.3 Å². The minimum atomic E-state index is -0.0976. The molecule has 2 aliphatic rings. The Morgan fingerprint density at radius 1 is 1.30 bits per heavy atom. The molecule has 4 heterocycles. The van der Waals surface area contributed by atoms with E-state index in [-0.39, 0.29) is 11.8 Å². The van der Waals surface area contributed by atoms with Gasteiger partial charge in [0.1, 0.15) is 5.69 Å². The van der Waals surface area contributed by atoms with Crippen molar-refractivity contribution in [2.24, 2.45) is 7.05 Å². The Bertz CT molecular complexity index is 799. The largest absolute Gasteiger partial charge is 0.379 e. The summed E-state index contributed by atoms with van der Waals surface area (Å²) >= 11 is 1.25. The van der Waals surface area contributed by atoms with Gasteiger partial charge in [-0.05, 0) is 44.4 Å². The summed E-state index contributed by atoms with van der Waals surface area (Å²) in [5, 5.41) is 12.4.